The van der Waals surface area contributed by atoms with Gasteiger partial charge in [-0.25, -0.2) is 4.79 Å². The lowest BCUT2D eigenvalue weighted by atomic mass is 10.5. The predicted octanol–water partition coefficient (Wildman–Crippen LogP) is 0.0922. The number of carbonyl (C=O) groups is 1. The lowest BCUT2D eigenvalue weighted by Crippen LogP contribution is -2.09. The van der Waals surface area contributed by atoms with Gasteiger partial charge in [-0.05, 0) is 0 Å². The van der Waals surface area contributed by atoms with Gasteiger partial charge in [-0.15, -0.1) is 0 Å². The molecule has 1 aromatic heterocycles. The van der Waals surface area contributed by atoms with E-state index in [4.69, 9.17) is 10.8 Å². The highest BCUT2D eigenvalue weighted by molar-refractivity contribution is 5.86. The maximum Gasteiger partial charge on any atom is 0.409 e. The molecule has 0 aromatic carbocycles. The zero-order chi connectivity index (χ0) is 8.43. The molecule has 1 heterocycles. The van der Waals surface area contributed by atoms with Gasteiger partial charge in [-0.2, -0.15) is 5.10 Å². The molecule has 0 aliphatic carbocycles. The van der Waals surface area contributed by atoms with Gasteiger partial charge in [0.15, 0.2) is 0 Å². The fourth-order valence-corrected chi connectivity index (χ4v) is 0.659. The van der Waals surface area contributed by atoms with Gasteiger partial charge < -0.3 is 10.8 Å². The second-order valence-corrected chi connectivity index (χ2v) is 2.00. The van der Waals surface area contributed by atoms with Crippen LogP contribution >= 0.6 is 0 Å². The van der Waals surface area contributed by atoms with Crippen LogP contribution in [0.2, 0.25) is 0 Å². The number of nitrogen functional groups attached to an aromatic ring is 1. The minimum absolute atomic E-state index is 0.299. The first-order valence-electron chi connectivity index (χ1n) is 2.88. The number of anilines is 2. The zero-order valence-corrected chi connectivity index (χ0v) is 5.90. The SMILES string of the molecule is Cn1ncc(NC(=O)O)c1N. The minimum Gasteiger partial charge on any atom is -0.465 e. The number of aromatic nitrogens is 2. The molecule has 6 nitrogen and oxygen atoms in total. The molecule has 0 bridgehead atoms. The predicted molar refractivity (Wildman–Crippen MR) is 39.3 cm³/mol. The fraction of sp³-hybridized carbons (Fsp3) is 0.200. The molecule has 0 unspecified atom stereocenters. The molecule has 0 radical (unpaired) electrons. The Morgan fingerprint density at radius 2 is 2.55 bits per heavy atom. The number of rotatable bonds is 1. The van der Waals surface area contributed by atoms with Crippen LogP contribution in [0.15, 0.2) is 6.20 Å². The summed E-state index contributed by atoms with van der Waals surface area (Å²) >= 11 is 0. The molecular weight excluding hydrogens is 148 g/mol. The van der Waals surface area contributed by atoms with E-state index in [2.05, 4.69) is 10.4 Å². The summed E-state index contributed by atoms with van der Waals surface area (Å²) in [4.78, 5) is 10.1. The molecule has 4 N–H and O–H groups in total. The van der Waals surface area contributed by atoms with Crippen molar-refractivity contribution in [2.24, 2.45) is 7.05 Å². The summed E-state index contributed by atoms with van der Waals surface area (Å²) in [5, 5.41) is 14.1. The Labute approximate surface area is 62.6 Å². The van der Waals surface area contributed by atoms with E-state index in [-0.39, 0.29) is 0 Å². The lowest BCUT2D eigenvalue weighted by molar-refractivity contribution is 0.210. The number of nitrogens with two attached hydrogens (primary N) is 1. The quantitative estimate of drug-likeness (QED) is 0.537. The molecule has 0 fully saturated rings. The van der Waals surface area contributed by atoms with Gasteiger partial charge in [-0.1, -0.05) is 0 Å². The van der Waals surface area contributed by atoms with Crippen molar-refractivity contribution in [2.75, 3.05) is 11.1 Å². The second-order valence-electron chi connectivity index (χ2n) is 2.00. The molecule has 1 amide bonds. The highest BCUT2D eigenvalue weighted by Gasteiger charge is 2.05. The number of nitrogens with one attached hydrogen (secondary N) is 1. The minimum atomic E-state index is -1.15. The molecule has 0 saturated heterocycles. The van der Waals surface area contributed by atoms with Crippen molar-refractivity contribution < 1.29 is 9.90 Å². The van der Waals surface area contributed by atoms with Gasteiger partial charge >= 0.3 is 6.09 Å². The average Bonchev–Trinajstić information content (AvgIpc) is 2.18. The Hall–Kier alpha value is -1.72. The molecule has 0 saturated carbocycles. The zero-order valence-electron chi connectivity index (χ0n) is 5.90. The van der Waals surface area contributed by atoms with Gasteiger partial charge in [0.2, 0.25) is 0 Å². The number of hydrogen-bond donors (Lipinski definition) is 3. The molecule has 0 aliphatic heterocycles. The van der Waals surface area contributed by atoms with Crippen molar-refractivity contribution in [1.82, 2.24) is 9.78 Å². The van der Waals surface area contributed by atoms with Crippen molar-refractivity contribution in [3.63, 3.8) is 0 Å². The number of nitrogens with zero attached hydrogens (tertiary/aromatic N) is 2. The van der Waals surface area contributed by atoms with Crippen LogP contribution in [-0.2, 0) is 7.05 Å². The molecular formula is C5H8N4O2. The van der Waals surface area contributed by atoms with Crippen LogP contribution in [0.3, 0.4) is 0 Å². The van der Waals surface area contributed by atoms with Crippen molar-refractivity contribution in [2.45, 2.75) is 0 Å². The molecule has 0 spiro atoms. The summed E-state index contributed by atoms with van der Waals surface area (Å²) in [6.07, 6.45) is 0.202. The van der Waals surface area contributed by atoms with E-state index >= 15 is 0 Å². The molecule has 0 aliphatic rings. The van der Waals surface area contributed by atoms with Crippen molar-refractivity contribution in [1.29, 1.82) is 0 Å². The largest absolute Gasteiger partial charge is 0.465 e. The summed E-state index contributed by atoms with van der Waals surface area (Å²) < 4.78 is 1.38. The molecule has 6 heteroatoms. The van der Waals surface area contributed by atoms with Crippen LogP contribution in [0.25, 0.3) is 0 Å². The summed E-state index contributed by atoms with van der Waals surface area (Å²) in [6.45, 7) is 0. The topological polar surface area (TPSA) is 93.2 Å². The van der Waals surface area contributed by atoms with E-state index in [1.807, 2.05) is 0 Å². The monoisotopic (exact) mass is 156 g/mol. The molecule has 0 atom stereocenters. The summed E-state index contributed by atoms with van der Waals surface area (Å²) in [5.74, 6) is 0.299. The molecule has 1 rings (SSSR count). The Kier molecular flexibility index (Phi) is 1.67. The fourth-order valence-electron chi connectivity index (χ4n) is 0.659. The van der Waals surface area contributed by atoms with E-state index < -0.39 is 6.09 Å². The van der Waals surface area contributed by atoms with Crippen LogP contribution in [0.4, 0.5) is 16.3 Å². The van der Waals surface area contributed by atoms with Gasteiger partial charge in [0.05, 0.1) is 6.20 Å². The van der Waals surface area contributed by atoms with Gasteiger partial charge in [0, 0.05) is 7.05 Å². The third-order valence-electron chi connectivity index (χ3n) is 1.23. The Balaban J connectivity index is 2.87. The Morgan fingerprint density at radius 3 is 2.91 bits per heavy atom. The van der Waals surface area contributed by atoms with Crippen LogP contribution in [0, 0.1) is 0 Å². The normalized spacial score (nSPS) is 9.55. The van der Waals surface area contributed by atoms with Crippen molar-refractivity contribution in [3.8, 4) is 0 Å². The maximum atomic E-state index is 10.1. The summed E-state index contributed by atoms with van der Waals surface area (Å²) in [7, 11) is 1.63. The van der Waals surface area contributed by atoms with E-state index in [1.54, 1.807) is 7.05 Å². The smallest absolute Gasteiger partial charge is 0.409 e. The van der Waals surface area contributed by atoms with Gasteiger partial charge in [0.25, 0.3) is 0 Å². The van der Waals surface area contributed by atoms with Gasteiger partial charge in [0.1, 0.15) is 11.5 Å². The highest BCUT2D eigenvalue weighted by Crippen LogP contribution is 2.14. The maximum absolute atomic E-state index is 10.1. The van der Waals surface area contributed by atoms with Crippen LogP contribution in [0.1, 0.15) is 0 Å². The number of amides is 1. The third-order valence-corrected chi connectivity index (χ3v) is 1.23. The second kappa shape index (κ2) is 2.49. The van der Waals surface area contributed by atoms with E-state index in [1.165, 1.54) is 10.9 Å². The molecule has 1 aromatic rings. The van der Waals surface area contributed by atoms with Crippen molar-refractivity contribution in [3.05, 3.63) is 6.20 Å². The van der Waals surface area contributed by atoms with Crippen molar-refractivity contribution >= 4 is 17.6 Å². The first kappa shape index (κ1) is 7.39. The number of hydrogen-bond acceptors (Lipinski definition) is 3. The molecule has 60 valence electrons. The molecule has 11 heavy (non-hydrogen) atoms. The van der Waals surface area contributed by atoms with Crippen LogP contribution in [0.5, 0.6) is 0 Å². The van der Waals surface area contributed by atoms with E-state index in [9.17, 15) is 4.79 Å². The third kappa shape index (κ3) is 1.40. The van der Waals surface area contributed by atoms with E-state index in [0.717, 1.165) is 0 Å². The number of aryl methyl sites for hydroxylation is 1. The first-order chi connectivity index (χ1) is 5.11. The Bertz CT molecular complexity index is 280. The summed E-state index contributed by atoms with van der Waals surface area (Å²) in [5.41, 5.74) is 5.73. The van der Waals surface area contributed by atoms with Crippen LogP contribution in [-0.4, -0.2) is 21.0 Å². The summed E-state index contributed by atoms with van der Waals surface area (Å²) in [6, 6.07) is 0. The highest BCUT2D eigenvalue weighted by atomic mass is 16.4. The average molecular weight is 156 g/mol. The lowest BCUT2D eigenvalue weighted by Gasteiger charge is -1.97. The standard InChI is InChI=1S/C5H8N4O2/c1-9-4(6)3(2-7-9)8-5(10)11/h2,8H,6H2,1H3,(H,10,11). The van der Waals surface area contributed by atoms with Gasteiger partial charge in [-0.3, -0.25) is 10.00 Å². The number of carboxylic acid groups (broad SMARTS) is 1. The Morgan fingerprint density at radius 1 is 1.91 bits per heavy atom. The van der Waals surface area contributed by atoms with Crippen LogP contribution < -0.4 is 11.1 Å². The first-order valence-corrected chi connectivity index (χ1v) is 2.88. The van der Waals surface area contributed by atoms with E-state index in [0.29, 0.717) is 11.5 Å².